The molecule has 1 aromatic carbocycles. The van der Waals surface area contributed by atoms with Gasteiger partial charge in [-0.1, -0.05) is 15.9 Å². The van der Waals surface area contributed by atoms with Gasteiger partial charge in [0.05, 0.1) is 27.3 Å². The van der Waals surface area contributed by atoms with E-state index in [-0.39, 0.29) is 17.0 Å². The smallest absolute Gasteiger partial charge is 0.336 e. The molecule has 0 aromatic heterocycles. The summed E-state index contributed by atoms with van der Waals surface area (Å²) in [5.74, 6) is -2.18. The lowest BCUT2D eigenvalue weighted by atomic mass is 10.2. The lowest BCUT2D eigenvalue weighted by molar-refractivity contribution is -0.118. The van der Waals surface area contributed by atoms with Gasteiger partial charge in [-0.2, -0.15) is 5.26 Å². The van der Waals surface area contributed by atoms with Crippen LogP contribution in [0.15, 0.2) is 27.6 Å². The van der Waals surface area contributed by atoms with Crippen molar-refractivity contribution < 1.29 is 18.9 Å². The summed E-state index contributed by atoms with van der Waals surface area (Å²) in [7, 11) is -1.79. The number of carboxylic acids is 1. The van der Waals surface area contributed by atoms with Crippen LogP contribution in [-0.4, -0.2) is 33.5 Å². The number of carbonyl (C=O) groups excluding carboxylic acids is 1. The molecule has 0 fully saturated rings. The van der Waals surface area contributed by atoms with Gasteiger partial charge in [-0.25, -0.2) is 4.79 Å². The van der Waals surface area contributed by atoms with Crippen molar-refractivity contribution in [1.82, 2.24) is 5.32 Å². The summed E-state index contributed by atoms with van der Waals surface area (Å²) in [4.78, 5) is 22.4. The summed E-state index contributed by atoms with van der Waals surface area (Å²) < 4.78 is 12.5. The van der Waals surface area contributed by atoms with E-state index in [2.05, 4.69) is 21.2 Å². The quantitative estimate of drug-likeness (QED) is 0.771. The van der Waals surface area contributed by atoms with Gasteiger partial charge in [0.15, 0.2) is 0 Å². The standard InChI is InChI=1S/C11H9BrN2O4S/c12-7-1-2-8(11(16)17)9(5-7)19(18)6-10(15)14-4-3-13/h1-2,5H,4,6H2,(H,14,15)(H,16,17). The minimum absolute atomic E-state index is 0.0639. The molecule has 0 radical (unpaired) electrons. The van der Waals surface area contributed by atoms with Crippen LogP contribution in [0.2, 0.25) is 0 Å². The van der Waals surface area contributed by atoms with Crippen LogP contribution in [0.4, 0.5) is 0 Å². The van der Waals surface area contributed by atoms with Crippen LogP contribution < -0.4 is 5.32 Å². The number of rotatable bonds is 5. The fourth-order valence-electron chi connectivity index (χ4n) is 1.25. The molecule has 2 N–H and O–H groups in total. The van der Waals surface area contributed by atoms with E-state index < -0.39 is 28.4 Å². The zero-order valence-electron chi connectivity index (χ0n) is 9.55. The molecule has 0 aliphatic rings. The largest absolute Gasteiger partial charge is 0.478 e. The van der Waals surface area contributed by atoms with Gasteiger partial charge < -0.3 is 10.4 Å². The number of halogens is 1. The predicted molar refractivity (Wildman–Crippen MR) is 71.0 cm³/mol. The summed E-state index contributed by atoms with van der Waals surface area (Å²) in [5, 5.41) is 19.5. The minimum Gasteiger partial charge on any atom is -0.478 e. The average molecular weight is 345 g/mol. The summed E-state index contributed by atoms with van der Waals surface area (Å²) in [6, 6.07) is 5.94. The fraction of sp³-hybridized carbons (Fsp3) is 0.182. The lowest BCUT2D eigenvalue weighted by Crippen LogP contribution is -2.28. The molecule has 100 valence electrons. The van der Waals surface area contributed by atoms with Crippen LogP contribution >= 0.6 is 15.9 Å². The van der Waals surface area contributed by atoms with E-state index in [1.54, 1.807) is 6.07 Å². The second-order valence-electron chi connectivity index (χ2n) is 3.37. The number of carboxylic acid groups (broad SMARTS) is 1. The van der Waals surface area contributed by atoms with Crippen LogP contribution in [-0.2, 0) is 15.6 Å². The summed E-state index contributed by atoms with van der Waals surface area (Å²) >= 11 is 3.15. The van der Waals surface area contributed by atoms with Crippen LogP contribution in [0, 0.1) is 11.3 Å². The monoisotopic (exact) mass is 344 g/mol. The number of nitriles is 1. The summed E-state index contributed by atoms with van der Waals surface area (Å²) in [6.45, 7) is -0.180. The molecule has 0 aliphatic heterocycles. The van der Waals surface area contributed by atoms with E-state index in [9.17, 15) is 13.8 Å². The molecule has 0 saturated heterocycles. The van der Waals surface area contributed by atoms with E-state index in [0.717, 1.165) is 0 Å². The van der Waals surface area contributed by atoms with Gasteiger partial charge in [0, 0.05) is 4.47 Å². The number of nitrogens with one attached hydrogen (secondary N) is 1. The topological polar surface area (TPSA) is 107 Å². The Hall–Kier alpha value is -1.72. The van der Waals surface area contributed by atoms with Crippen molar-refractivity contribution in [2.75, 3.05) is 12.3 Å². The number of benzene rings is 1. The second kappa shape index (κ2) is 7.01. The van der Waals surface area contributed by atoms with Crippen molar-refractivity contribution in [3.05, 3.63) is 28.2 Å². The highest BCUT2D eigenvalue weighted by Crippen LogP contribution is 2.20. The van der Waals surface area contributed by atoms with Crippen molar-refractivity contribution in [3.8, 4) is 6.07 Å². The second-order valence-corrected chi connectivity index (χ2v) is 5.71. The molecule has 6 nitrogen and oxygen atoms in total. The first-order valence-corrected chi connectivity index (χ1v) is 7.11. The molecule has 1 unspecified atom stereocenters. The Morgan fingerprint density at radius 3 is 2.74 bits per heavy atom. The van der Waals surface area contributed by atoms with Gasteiger partial charge in [-0.05, 0) is 18.2 Å². The van der Waals surface area contributed by atoms with Crippen LogP contribution in [0.1, 0.15) is 10.4 Å². The molecule has 1 amide bonds. The third kappa shape index (κ3) is 4.46. The molecule has 0 aliphatic carbocycles. The van der Waals surface area contributed by atoms with Gasteiger partial charge in [0.2, 0.25) is 5.91 Å². The first-order chi connectivity index (χ1) is 8.95. The molecular formula is C11H9BrN2O4S. The van der Waals surface area contributed by atoms with Crippen LogP contribution in [0.3, 0.4) is 0 Å². The highest BCUT2D eigenvalue weighted by molar-refractivity contribution is 9.10. The maximum atomic E-state index is 12.0. The number of amides is 1. The molecule has 1 rings (SSSR count). The van der Waals surface area contributed by atoms with Crippen molar-refractivity contribution in [2.24, 2.45) is 0 Å². The SMILES string of the molecule is N#CCNC(=O)CS(=O)c1cc(Br)ccc1C(=O)O. The molecule has 0 saturated carbocycles. The Bertz CT molecular complexity index is 583. The molecule has 1 atom stereocenters. The van der Waals surface area contributed by atoms with E-state index in [0.29, 0.717) is 4.47 Å². The first-order valence-electron chi connectivity index (χ1n) is 5.00. The fourth-order valence-corrected chi connectivity index (χ4v) is 2.91. The van der Waals surface area contributed by atoms with Crippen LogP contribution in [0.5, 0.6) is 0 Å². The van der Waals surface area contributed by atoms with Gasteiger partial charge in [-0.15, -0.1) is 0 Å². The number of carbonyl (C=O) groups is 2. The van der Waals surface area contributed by atoms with Gasteiger partial charge in [-0.3, -0.25) is 9.00 Å². The number of hydrogen-bond donors (Lipinski definition) is 2. The molecule has 19 heavy (non-hydrogen) atoms. The Morgan fingerprint density at radius 1 is 1.47 bits per heavy atom. The van der Waals surface area contributed by atoms with Crippen molar-refractivity contribution in [3.63, 3.8) is 0 Å². The van der Waals surface area contributed by atoms with Gasteiger partial charge >= 0.3 is 5.97 Å². The normalized spacial score (nSPS) is 11.4. The van der Waals surface area contributed by atoms with Crippen molar-refractivity contribution in [1.29, 1.82) is 5.26 Å². The Kier molecular flexibility index (Phi) is 5.66. The third-order valence-corrected chi connectivity index (χ3v) is 3.89. The number of aromatic carboxylic acids is 1. The predicted octanol–water partition coefficient (Wildman–Crippen LogP) is 0.895. The maximum Gasteiger partial charge on any atom is 0.336 e. The van der Waals surface area contributed by atoms with Gasteiger partial charge in [0.25, 0.3) is 0 Å². The lowest BCUT2D eigenvalue weighted by Gasteiger charge is -2.06. The Morgan fingerprint density at radius 2 is 2.16 bits per heavy atom. The number of nitrogens with zero attached hydrogens (tertiary/aromatic N) is 1. The third-order valence-electron chi connectivity index (χ3n) is 2.05. The first kappa shape index (κ1) is 15.3. The average Bonchev–Trinajstić information content (AvgIpc) is 2.35. The van der Waals surface area contributed by atoms with Crippen molar-refractivity contribution in [2.45, 2.75) is 4.90 Å². The maximum absolute atomic E-state index is 12.0. The summed E-state index contributed by atoms with van der Waals surface area (Å²) in [5.41, 5.74) is -0.116. The molecule has 1 aromatic rings. The molecule has 8 heteroatoms. The zero-order chi connectivity index (χ0) is 14.4. The Labute approximate surface area is 120 Å². The molecule has 0 heterocycles. The Balaban J connectivity index is 2.93. The number of hydrogen-bond acceptors (Lipinski definition) is 4. The van der Waals surface area contributed by atoms with E-state index in [1.165, 1.54) is 18.2 Å². The molecule has 0 bridgehead atoms. The van der Waals surface area contributed by atoms with Crippen LogP contribution in [0.25, 0.3) is 0 Å². The highest BCUT2D eigenvalue weighted by atomic mass is 79.9. The highest BCUT2D eigenvalue weighted by Gasteiger charge is 2.18. The zero-order valence-corrected chi connectivity index (χ0v) is 12.0. The van der Waals surface area contributed by atoms with E-state index in [4.69, 9.17) is 10.4 Å². The minimum atomic E-state index is -1.79. The van der Waals surface area contributed by atoms with Gasteiger partial charge in [0.1, 0.15) is 12.3 Å². The van der Waals surface area contributed by atoms with E-state index >= 15 is 0 Å². The molecule has 0 spiro atoms. The summed E-state index contributed by atoms with van der Waals surface area (Å²) in [6.07, 6.45) is 0. The van der Waals surface area contributed by atoms with E-state index in [1.807, 2.05) is 0 Å². The molecular weight excluding hydrogens is 336 g/mol. The van der Waals surface area contributed by atoms with Crippen molar-refractivity contribution >= 4 is 38.6 Å².